The Kier molecular flexibility index (Phi) is 4.10. The first-order valence-corrected chi connectivity index (χ1v) is 4.95. The Bertz CT molecular complexity index is 217. The number of aliphatic hydroxyl groups excluding tert-OH is 2. The smallest absolute Gasteiger partial charge is 0.243 e. The lowest BCUT2D eigenvalue weighted by molar-refractivity contribution is -0.116. The molecule has 1 saturated carbocycles. The predicted molar refractivity (Wildman–Crippen MR) is 52.6 cm³/mol. The summed E-state index contributed by atoms with van der Waals surface area (Å²) in [6.45, 7) is 2.47. The molecule has 4 heteroatoms. The SMILES string of the molecule is CCNC(=O)/C=C/C1CC(O)C(O)C1. The topological polar surface area (TPSA) is 69.6 Å². The van der Waals surface area contributed by atoms with Crippen molar-refractivity contribution in [3.8, 4) is 0 Å². The molecular formula is C10H17NO3. The summed E-state index contributed by atoms with van der Waals surface area (Å²) in [7, 11) is 0. The molecule has 3 N–H and O–H groups in total. The van der Waals surface area contributed by atoms with Gasteiger partial charge in [0.15, 0.2) is 0 Å². The molecule has 0 bridgehead atoms. The van der Waals surface area contributed by atoms with Crippen LogP contribution in [0.4, 0.5) is 0 Å². The molecule has 2 unspecified atom stereocenters. The molecule has 1 aliphatic rings. The lowest BCUT2D eigenvalue weighted by Crippen LogP contribution is -2.20. The molecule has 80 valence electrons. The van der Waals surface area contributed by atoms with E-state index in [0.29, 0.717) is 19.4 Å². The van der Waals surface area contributed by atoms with E-state index in [9.17, 15) is 15.0 Å². The van der Waals surface area contributed by atoms with Crippen molar-refractivity contribution < 1.29 is 15.0 Å². The van der Waals surface area contributed by atoms with Gasteiger partial charge < -0.3 is 15.5 Å². The van der Waals surface area contributed by atoms with E-state index in [1.807, 2.05) is 6.92 Å². The zero-order valence-electron chi connectivity index (χ0n) is 8.31. The summed E-state index contributed by atoms with van der Waals surface area (Å²) in [4.78, 5) is 11.0. The fraction of sp³-hybridized carbons (Fsp3) is 0.700. The highest BCUT2D eigenvalue weighted by atomic mass is 16.3. The molecule has 0 spiro atoms. The Morgan fingerprint density at radius 1 is 1.43 bits per heavy atom. The number of carbonyl (C=O) groups excluding carboxylic acids is 1. The molecule has 1 amide bonds. The minimum absolute atomic E-state index is 0.114. The number of amides is 1. The molecule has 4 nitrogen and oxygen atoms in total. The Hall–Kier alpha value is -0.870. The van der Waals surface area contributed by atoms with Crippen LogP contribution in [-0.2, 0) is 4.79 Å². The van der Waals surface area contributed by atoms with Crippen molar-refractivity contribution in [2.75, 3.05) is 6.54 Å². The van der Waals surface area contributed by atoms with E-state index >= 15 is 0 Å². The van der Waals surface area contributed by atoms with Gasteiger partial charge in [-0.2, -0.15) is 0 Å². The second kappa shape index (κ2) is 5.12. The van der Waals surface area contributed by atoms with Gasteiger partial charge in [-0.05, 0) is 31.8 Å². The van der Waals surface area contributed by atoms with Crippen molar-refractivity contribution in [1.82, 2.24) is 5.32 Å². The third-order valence-corrected chi connectivity index (χ3v) is 2.40. The van der Waals surface area contributed by atoms with Gasteiger partial charge in [-0.15, -0.1) is 0 Å². The maximum absolute atomic E-state index is 11.0. The maximum atomic E-state index is 11.0. The number of aliphatic hydroxyl groups is 2. The first-order valence-electron chi connectivity index (χ1n) is 4.95. The number of rotatable bonds is 3. The Labute approximate surface area is 83.6 Å². The Balaban J connectivity index is 2.35. The molecule has 0 aliphatic heterocycles. The second-order valence-corrected chi connectivity index (χ2v) is 3.62. The largest absolute Gasteiger partial charge is 0.390 e. The van der Waals surface area contributed by atoms with Gasteiger partial charge in [-0.3, -0.25) is 4.79 Å². The minimum atomic E-state index is -0.640. The van der Waals surface area contributed by atoms with Crippen LogP contribution in [0.5, 0.6) is 0 Å². The molecule has 2 atom stereocenters. The predicted octanol–water partition coefficient (Wildman–Crippen LogP) is -0.190. The van der Waals surface area contributed by atoms with E-state index in [-0.39, 0.29) is 11.8 Å². The van der Waals surface area contributed by atoms with Gasteiger partial charge in [0, 0.05) is 6.54 Å². The second-order valence-electron chi connectivity index (χ2n) is 3.62. The van der Waals surface area contributed by atoms with Crippen molar-refractivity contribution in [2.45, 2.75) is 32.0 Å². The van der Waals surface area contributed by atoms with Gasteiger partial charge in [0.05, 0.1) is 12.2 Å². The van der Waals surface area contributed by atoms with Crippen LogP contribution in [0.3, 0.4) is 0 Å². The highest BCUT2D eigenvalue weighted by Crippen LogP contribution is 2.26. The summed E-state index contributed by atoms with van der Waals surface area (Å²) in [5, 5.41) is 21.1. The first kappa shape index (κ1) is 11.2. The molecule has 1 rings (SSSR count). The maximum Gasteiger partial charge on any atom is 0.243 e. The molecule has 1 fully saturated rings. The van der Waals surface area contributed by atoms with Crippen LogP contribution >= 0.6 is 0 Å². The Morgan fingerprint density at radius 3 is 2.50 bits per heavy atom. The number of nitrogens with one attached hydrogen (secondary N) is 1. The molecule has 0 radical (unpaired) electrons. The van der Waals surface area contributed by atoms with Gasteiger partial charge >= 0.3 is 0 Å². The van der Waals surface area contributed by atoms with Crippen molar-refractivity contribution in [3.05, 3.63) is 12.2 Å². The van der Waals surface area contributed by atoms with Gasteiger partial charge in [0.2, 0.25) is 5.91 Å². The summed E-state index contributed by atoms with van der Waals surface area (Å²) in [5.41, 5.74) is 0. The van der Waals surface area contributed by atoms with Crippen LogP contribution in [0.25, 0.3) is 0 Å². The third-order valence-electron chi connectivity index (χ3n) is 2.40. The van der Waals surface area contributed by atoms with E-state index < -0.39 is 12.2 Å². The summed E-state index contributed by atoms with van der Waals surface area (Å²) < 4.78 is 0. The molecule has 0 heterocycles. The number of hydrogen-bond acceptors (Lipinski definition) is 3. The zero-order valence-corrected chi connectivity index (χ0v) is 8.31. The standard InChI is InChI=1S/C10H17NO3/c1-2-11-10(14)4-3-7-5-8(12)9(13)6-7/h3-4,7-9,12-13H,2,5-6H2,1H3,(H,11,14)/b4-3+. The lowest BCUT2D eigenvalue weighted by atomic mass is 10.1. The van der Waals surface area contributed by atoms with Gasteiger partial charge in [0.25, 0.3) is 0 Å². The van der Waals surface area contributed by atoms with Crippen LogP contribution in [0, 0.1) is 5.92 Å². The molecule has 0 aromatic carbocycles. The zero-order chi connectivity index (χ0) is 10.6. The molecule has 0 saturated heterocycles. The molecule has 0 aromatic heterocycles. The molecule has 14 heavy (non-hydrogen) atoms. The summed E-state index contributed by atoms with van der Waals surface area (Å²) in [5.74, 6) is -0.00835. The number of hydrogen-bond donors (Lipinski definition) is 3. The highest BCUT2D eigenvalue weighted by Gasteiger charge is 2.29. The average Bonchev–Trinajstić information content (AvgIpc) is 2.44. The van der Waals surface area contributed by atoms with Crippen LogP contribution < -0.4 is 5.32 Å². The summed E-state index contributed by atoms with van der Waals surface area (Å²) in [6.07, 6.45) is 3.02. The van der Waals surface area contributed by atoms with Crippen LogP contribution in [-0.4, -0.2) is 34.9 Å². The van der Waals surface area contributed by atoms with Crippen LogP contribution in [0.15, 0.2) is 12.2 Å². The van der Waals surface area contributed by atoms with E-state index in [4.69, 9.17) is 0 Å². The molecule has 1 aliphatic carbocycles. The highest BCUT2D eigenvalue weighted by molar-refractivity contribution is 5.87. The number of likely N-dealkylation sites (N-methyl/N-ethyl adjacent to an activating group) is 1. The monoisotopic (exact) mass is 199 g/mol. The Morgan fingerprint density at radius 2 is 2.00 bits per heavy atom. The van der Waals surface area contributed by atoms with Crippen molar-refractivity contribution in [3.63, 3.8) is 0 Å². The summed E-state index contributed by atoms with van der Waals surface area (Å²) >= 11 is 0. The normalized spacial score (nSPS) is 32.4. The van der Waals surface area contributed by atoms with Crippen molar-refractivity contribution in [2.24, 2.45) is 5.92 Å². The minimum Gasteiger partial charge on any atom is -0.390 e. The van der Waals surface area contributed by atoms with E-state index in [1.165, 1.54) is 6.08 Å². The van der Waals surface area contributed by atoms with E-state index in [2.05, 4.69) is 5.32 Å². The lowest BCUT2D eigenvalue weighted by Gasteiger charge is -2.03. The van der Waals surface area contributed by atoms with Gasteiger partial charge in [-0.25, -0.2) is 0 Å². The molecule has 0 aromatic rings. The number of carbonyl (C=O) groups is 1. The molecular weight excluding hydrogens is 182 g/mol. The van der Waals surface area contributed by atoms with Crippen molar-refractivity contribution in [1.29, 1.82) is 0 Å². The fourth-order valence-corrected chi connectivity index (χ4v) is 1.64. The third kappa shape index (κ3) is 3.12. The average molecular weight is 199 g/mol. The van der Waals surface area contributed by atoms with E-state index in [1.54, 1.807) is 6.08 Å². The first-order chi connectivity index (χ1) is 6.63. The quantitative estimate of drug-likeness (QED) is 0.552. The fourth-order valence-electron chi connectivity index (χ4n) is 1.64. The van der Waals surface area contributed by atoms with Crippen LogP contribution in [0.2, 0.25) is 0 Å². The van der Waals surface area contributed by atoms with Crippen LogP contribution in [0.1, 0.15) is 19.8 Å². The summed E-state index contributed by atoms with van der Waals surface area (Å²) in [6, 6.07) is 0. The van der Waals surface area contributed by atoms with E-state index in [0.717, 1.165) is 0 Å². The van der Waals surface area contributed by atoms with Gasteiger partial charge in [-0.1, -0.05) is 6.08 Å². The number of allylic oxidation sites excluding steroid dienone is 1. The van der Waals surface area contributed by atoms with Gasteiger partial charge in [0.1, 0.15) is 0 Å². The van der Waals surface area contributed by atoms with Crippen molar-refractivity contribution >= 4 is 5.91 Å².